The van der Waals surface area contributed by atoms with E-state index in [2.05, 4.69) is 78.9 Å². The van der Waals surface area contributed by atoms with Crippen LogP contribution in [0.5, 0.6) is 0 Å². The fourth-order valence-electron chi connectivity index (χ4n) is 4.85. The maximum absolute atomic E-state index is 2.49. The molecule has 0 spiro atoms. The smallest absolute Gasteiger partial charge is 0.0112 e. The normalized spacial score (nSPS) is 34.3. The average molecular weight is 284 g/mol. The molecular weight excluding hydrogens is 264 g/mol. The van der Waals surface area contributed by atoms with Crippen LogP contribution in [0.2, 0.25) is 0 Å². The molecule has 0 saturated heterocycles. The topological polar surface area (TPSA) is 0 Å². The number of hydrogen-bond acceptors (Lipinski definition) is 0. The fourth-order valence-corrected chi connectivity index (χ4v) is 4.85. The lowest BCUT2D eigenvalue weighted by molar-refractivity contribution is 0.530. The van der Waals surface area contributed by atoms with Crippen molar-refractivity contribution in [3.05, 3.63) is 78.4 Å². The molecule has 0 N–H and O–H groups in total. The van der Waals surface area contributed by atoms with Crippen molar-refractivity contribution in [2.75, 3.05) is 0 Å². The highest BCUT2D eigenvalue weighted by Crippen LogP contribution is 2.67. The molecule has 4 unspecified atom stereocenters. The molecule has 0 aromatic heterocycles. The van der Waals surface area contributed by atoms with E-state index in [-0.39, 0.29) is 0 Å². The summed E-state index contributed by atoms with van der Waals surface area (Å²) in [7, 11) is 0. The summed E-state index contributed by atoms with van der Waals surface area (Å²) in [4.78, 5) is 0. The Balaban J connectivity index is 1.42. The predicted molar refractivity (Wildman–Crippen MR) is 92.1 cm³/mol. The van der Waals surface area contributed by atoms with Gasteiger partial charge in [0.1, 0.15) is 0 Å². The first-order chi connectivity index (χ1) is 10.9. The van der Waals surface area contributed by atoms with Crippen molar-refractivity contribution in [2.24, 2.45) is 29.6 Å². The van der Waals surface area contributed by atoms with E-state index in [1.807, 2.05) is 0 Å². The second-order valence-electron chi connectivity index (χ2n) is 6.99. The van der Waals surface area contributed by atoms with Crippen LogP contribution in [0.15, 0.2) is 72.8 Å². The third-order valence-electron chi connectivity index (χ3n) is 5.87. The van der Waals surface area contributed by atoms with Crippen molar-refractivity contribution in [3.8, 4) is 11.1 Å². The largest absolute Gasteiger partial charge is 0.0848 e. The molecule has 2 aromatic rings. The van der Waals surface area contributed by atoms with Gasteiger partial charge in [0.2, 0.25) is 0 Å². The van der Waals surface area contributed by atoms with Gasteiger partial charge in [-0.3, -0.25) is 0 Å². The first-order valence-corrected chi connectivity index (χ1v) is 8.43. The predicted octanol–water partition coefficient (Wildman–Crippen LogP) is 5.43. The second-order valence-corrected chi connectivity index (χ2v) is 6.99. The number of rotatable bonds is 3. The Labute approximate surface area is 132 Å². The summed E-state index contributed by atoms with van der Waals surface area (Å²) in [5, 5.41) is 0. The van der Waals surface area contributed by atoms with Crippen LogP contribution in [0.1, 0.15) is 12.0 Å². The zero-order valence-electron chi connectivity index (χ0n) is 12.6. The molecule has 2 fully saturated rings. The molecule has 5 rings (SSSR count). The number of benzene rings is 2. The van der Waals surface area contributed by atoms with Crippen molar-refractivity contribution in [1.29, 1.82) is 0 Å². The molecule has 4 atom stereocenters. The summed E-state index contributed by atoms with van der Waals surface area (Å²) in [5.74, 6) is 4.50. The Morgan fingerprint density at radius 3 is 2.23 bits per heavy atom. The minimum Gasteiger partial charge on any atom is -0.0848 e. The van der Waals surface area contributed by atoms with Crippen LogP contribution in [0.25, 0.3) is 17.2 Å². The lowest BCUT2D eigenvalue weighted by atomic mass is 9.97. The third kappa shape index (κ3) is 1.83. The van der Waals surface area contributed by atoms with Crippen LogP contribution in [-0.2, 0) is 0 Å². The minimum absolute atomic E-state index is 0.822. The number of allylic oxidation sites excluding steroid dienone is 3. The Kier molecular flexibility index (Phi) is 2.67. The van der Waals surface area contributed by atoms with Gasteiger partial charge in [0, 0.05) is 0 Å². The van der Waals surface area contributed by atoms with E-state index < -0.39 is 0 Å². The molecule has 0 heteroatoms. The van der Waals surface area contributed by atoms with Gasteiger partial charge < -0.3 is 0 Å². The van der Waals surface area contributed by atoms with Gasteiger partial charge in [-0.1, -0.05) is 78.9 Å². The molecule has 0 nitrogen and oxygen atoms in total. The van der Waals surface area contributed by atoms with Gasteiger partial charge in [-0.05, 0) is 52.7 Å². The molecule has 0 radical (unpaired) electrons. The summed E-state index contributed by atoms with van der Waals surface area (Å²) < 4.78 is 0. The van der Waals surface area contributed by atoms with Crippen molar-refractivity contribution >= 4 is 6.08 Å². The summed E-state index contributed by atoms with van der Waals surface area (Å²) in [6.45, 7) is 0. The first kappa shape index (κ1) is 12.5. The third-order valence-corrected chi connectivity index (χ3v) is 5.87. The fraction of sp³-hybridized carbons (Fsp3) is 0.273. The molecule has 2 bridgehead atoms. The van der Waals surface area contributed by atoms with Gasteiger partial charge in [0.25, 0.3) is 0 Å². The van der Waals surface area contributed by atoms with E-state index in [9.17, 15) is 0 Å². The van der Waals surface area contributed by atoms with E-state index in [1.165, 1.54) is 23.1 Å². The standard InChI is InChI=1S/C22H20/c1-2-6-15(7-3-1)19-9-5-4-8-16(19)12-13-20-21-17-10-11-18(14-17)22(20)21/h1-13,17-18,20-22H,14H2/b13-12+. The molecular formula is C22H20. The molecule has 2 aromatic carbocycles. The highest BCUT2D eigenvalue weighted by atomic mass is 14.7. The zero-order valence-corrected chi connectivity index (χ0v) is 12.6. The van der Waals surface area contributed by atoms with E-state index in [0.717, 1.165) is 29.6 Å². The van der Waals surface area contributed by atoms with Crippen LogP contribution in [0.4, 0.5) is 0 Å². The molecule has 22 heavy (non-hydrogen) atoms. The molecule has 2 saturated carbocycles. The van der Waals surface area contributed by atoms with Gasteiger partial charge in [0.05, 0.1) is 0 Å². The van der Waals surface area contributed by atoms with Gasteiger partial charge in [-0.25, -0.2) is 0 Å². The van der Waals surface area contributed by atoms with E-state index >= 15 is 0 Å². The summed E-state index contributed by atoms with van der Waals surface area (Å²) >= 11 is 0. The van der Waals surface area contributed by atoms with Crippen molar-refractivity contribution in [1.82, 2.24) is 0 Å². The molecule has 108 valence electrons. The summed E-state index contributed by atoms with van der Waals surface area (Å²) in [6, 6.07) is 19.5. The van der Waals surface area contributed by atoms with Gasteiger partial charge in [-0.15, -0.1) is 0 Å². The molecule has 3 aliphatic carbocycles. The first-order valence-electron chi connectivity index (χ1n) is 8.43. The lowest BCUT2D eigenvalue weighted by Crippen LogP contribution is -1.96. The van der Waals surface area contributed by atoms with Crippen molar-refractivity contribution < 1.29 is 0 Å². The highest BCUT2D eigenvalue weighted by molar-refractivity contribution is 5.75. The summed E-state index contributed by atoms with van der Waals surface area (Å²) in [6.07, 6.45) is 11.2. The Morgan fingerprint density at radius 1 is 0.773 bits per heavy atom. The number of fused-ring (bicyclic) bond motifs is 5. The quantitative estimate of drug-likeness (QED) is 0.659. The van der Waals surface area contributed by atoms with Gasteiger partial charge in [-0.2, -0.15) is 0 Å². The average Bonchev–Trinajstić information content (AvgIpc) is 2.96. The van der Waals surface area contributed by atoms with Crippen LogP contribution in [0.3, 0.4) is 0 Å². The maximum Gasteiger partial charge on any atom is -0.0112 e. The van der Waals surface area contributed by atoms with Gasteiger partial charge in [0.15, 0.2) is 0 Å². The van der Waals surface area contributed by atoms with E-state index in [0.29, 0.717) is 0 Å². The molecule has 0 heterocycles. The summed E-state index contributed by atoms with van der Waals surface area (Å²) in [5.41, 5.74) is 3.99. The van der Waals surface area contributed by atoms with Crippen LogP contribution in [0, 0.1) is 29.6 Å². The minimum atomic E-state index is 0.822. The molecule has 3 aliphatic rings. The molecule has 0 amide bonds. The Hall–Kier alpha value is -2.08. The van der Waals surface area contributed by atoms with Crippen molar-refractivity contribution in [2.45, 2.75) is 6.42 Å². The SMILES string of the molecule is C1=CC2CC1C1C(/C=C/c3ccccc3-c3ccccc3)C21. The van der Waals surface area contributed by atoms with E-state index in [1.54, 1.807) is 0 Å². The van der Waals surface area contributed by atoms with Crippen LogP contribution >= 0.6 is 0 Å². The highest BCUT2D eigenvalue weighted by Gasteiger charge is 2.61. The second kappa shape index (κ2) is 4.71. The Bertz CT molecular complexity index is 735. The van der Waals surface area contributed by atoms with Crippen LogP contribution in [-0.4, -0.2) is 0 Å². The lowest BCUT2D eigenvalue weighted by Gasteiger charge is -2.07. The van der Waals surface area contributed by atoms with E-state index in [4.69, 9.17) is 0 Å². The van der Waals surface area contributed by atoms with Crippen LogP contribution < -0.4 is 0 Å². The zero-order chi connectivity index (χ0) is 14.5. The maximum atomic E-state index is 2.49. The number of hydrogen-bond donors (Lipinski definition) is 0. The Morgan fingerprint density at radius 2 is 1.45 bits per heavy atom. The monoisotopic (exact) mass is 284 g/mol. The van der Waals surface area contributed by atoms with Crippen molar-refractivity contribution in [3.63, 3.8) is 0 Å². The molecule has 0 aliphatic heterocycles. The van der Waals surface area contributed by atoms with Gasteiger partial charge >= 0.3 is 0 Å².